The minimum atomic E-state index is -0.141. The molecule has 2 aliphatic carbocycles. The van der Waals surface area contributed by atoms with E-state index in [0.29, 0.717) is 17.2 Å². The lowest BCUT2D eigenvalue weighted by Crippen LogP contribution is -2.37. The van der Waals surface area contributed by atoms with Crippen LogP contribution in [-0.4, -0.2) is 10.8 Å². The van der Waals surface area contributed by atoms with Crippen molar-refractivity contribution in [2.24, 2.45) is 22.0 Å². The Bertz CT molecular complexity index is 346. The van der Waals surface area contributed by atoms with Gasteiger partial charge < -0.3 is 5.73 Å². The number of hydrogen-bond donors (Lipinski definition) is 1. The normalized spacial score (nSPS) is 42.2. The zero-order valence-corrected chi connectivity index (χ0v) is 10.5. The second kappa shape index (κ2) is 2.82. The molecule has 0 aromatic carbocycles. The first-order valence-electron chi connectivity index (χ1n) is 5.57. The lowest BCUT2D eigenvalue weighted by Gasteiger charge is -2.39. The lowest BCUT2D eigenvalue weighted by molar-refractivity contribution is -0.128. The molecule has 0 unspecified atom stereocenters. The molecule has 2 fully saturated rings. The van der Waals surface area contributed by atoms with Crippen LogP contribution in [0, 0.1) is 16.2 Å². The van der Waals surface area contributed by atoms with Crippen molar-refractivity contribution >= 4 is 23.0 Å². The predicted octanol–water partition coefficient (Wildman–Crippen LogP) is 2.45. The van der Waals surface area contributed by atoms with Gasteiger partial charge in [0.05, 0.1) is 4.99 Å². The fourth-order valence-corrected chi connectivity index (χ4v) is 3.98. The van der Waals surface area contributed by atoms with Crippen LogP contribution < -0.4 is 5.73 Å². The zero-order valence-electron chi connectivity index (χ0n) is 9.72. The molecule has 0 aromatic heterocycles. The number of rotatable bonds is 2. The molecule has 0 aromatic rings. The minimum absolute atomic E-state index is 0.0422. The molecule has 84 valence electrons. The molecule has 3 heteroatoms. The van der Waals surface area contributed by atoms with E-state index >= 15 is 0 Å². The SMILES string of the molecule is CC1(C)[C@@]2(CC(N)=S)CC[C@@]1(C)C(=O)C2. The summed E-state index contributed by atoms with van der Waals surface area (Å²) in [7, 11) is 0. The van der Waals surface area contributed by atoms with Gasteiger partial charge in [0.1, 0.15) is 5.78 Å². The van der Waals surface area contributed by atoms with E-state index < -0.39 is 0 Å². The third-order valence-corrected chi connectivity index (χ3v) is 5.58. The number of carbonyl (C=O) groups is 1. The zero-order chi connectivity index (χ0) is 11.5. The van der Waals surface area contributed by atoms with Crippen molar-refractivity contribution in [2.45, 2.75) is 46.5 Å². The van der Waals surface area contributed by atoms with Crippen LogP contribution in [0.1, 0.15) is 46.5 Å². The third-order valence-electron chi connectivity index (χ3n) is 5.44. The number of hydrogen-bond acceptors (Lipinski definition) is 2. The van der Waals surface area contributed by atoms with Crippen molar-refractivity contribution in [1.29, 1.82) is 0 Å². The van der Waals surface area contributed by atoms with Gasteiger partial charge in [-0.15, -0.1) is 0 Å². The maximum atomic E-state index is 12.1. The van der Waals surface area contributed by atoms with Crippen LogP contribution in [0.15, 0.2) is 0 Å². The first-order valence-corrected chi connectivity index (χ1v) is 5.98. The summed E-state index contributed by atoms with van der Waals surface area (Å²) in [6.45, 7) is 6.54. The van der Waals surface area contributed by atoms with E-state index in [1.807, 2.05) is 0 Å². The van der Waals surface area contributed by atoms with Gasteiger partial charge in [0.25, 0.3) is 0 Å². The number of ketones is 1. The summed E-state index contributed by atoms with van der Waals surface area (Å²) in [5, 5.41) is 0. The topological polar surface area (TPSA) is 43.1 Å². The molecule has 0 aliphatic heterocycles. The fraction of sp³-hybridized carbons (Fsp3) is 0.833. The summed E-state index contributed by atoms with van der Waals surface area (Å²) in [4.78, 5) is 12.6. The number of thiocarbonyl (C=S) groups is 1. The van der Waals surface area contributed by atoms with Crippen LogP contribution in [0.3, 0.4) is 0 Å². The average molecular weight is 225 g/mol. The Morgan fingerprint density at radius 2 is 2.00 bits per heavy atom. The number of fused-ring (bicyclic) bond motifs is 2. The predicted molar refractivity (Wildman–Crippen MR) is 64.6 cm³/mol. The molecular formula is C12H19NOS. The lowest BCUT2D eigenvalue weighted by atomic mass is 9.64. The highest BCUT2D eigenvalue weighted by atomic mass is 32.1. The first kappa shape index (κ1) is 11.1. The Morgan fingerprint density at radius 1 is 1.40 bits per heavy atom. The summed E-state index contributed by atoms with van der Waals surface area (Å²) in [6, 6.07) is 0. The maximum Gasteiger partial charge on any atom is 0.139 e. The third kappa shape index (κ3) is 1.10. The van der Waals surface area contributed by atoms with E-state index in [9.17, 15) is 4.79 Å². The standard InChI is InChI=1S/C12H19NOS/c1-10(2)11(3)4-5-12(10,6-8(11)14)7-9(13)15/h4-7H2,1-3H3,(H2,13,15)/t11-,12-/m0/s1. The molecule has 0 amide bonds. The summed E-state index contributed by atoms with van der Waals surface area (Å²) >= 11 is 5.03. The Hall–Kier alpha value is -0.440. The average Bonchev–Trinajstić information content (AvgIpc) is 2.33. The molecule has 0 saturated heterocycles. The van der Waals surface area contributed by atoms with Crippen LogP contribution >= 0.6 is 12.2 Å². The summed E-state index contributed by atoms with van der Waals surface area (Å²) in [5.74, 6) is 0.412. The minimum Gasteiger partial charge on any atom is -0.393 e. The highest BCUT2D eigenvalue weighted by Gasteiger charge is 2.69. The van der Waals surface area contributed by atoms with E-state index in [4.69, 9.17) is 18.0 Å². The van der Waals surface area contributed by atoms with Gasteiger partial charge in [-0.05, 0) is 23.7 Å². The quantitative estimate of drug-likeness (QED) is 0.734. The Morgan fingerprint density at radius 3 is 2.33 bits per heavy atom. The second-order valence-electron chi connectivity index (χ2n) is 5.98. The van der Waals surface area contributed by atoms with Crippen molar-refractivity contribution in [3.05, 3.63) is 0 Å². The van der Waals surface area contributed by atoms with Crippen molar-refractivity contribution in [3.8, 4) is 0 Å². The highest BCUT2D eigenvalue weighted by molar-refractivity contribution is 7.80. The van der Waals surface area contributed by atoms with Crippen molar-refractivity contribution in [3.63, 3.8) is 0 Å². The van der Waals surface area contributed by atoms with Gasteiger partial charge >= 0.3 is 0 Å². The number of nitrogens with two attached hydrogens (primary N) is 1. The Labute approximate surface area is 96.6 Å². The maximum absolute atomic E-state index is 12.1. The largest absolute Gasteiger partial charge is 0.393 e. The number of carbonyl (C=O) groups excluding carboxylic acids is 1. The van der Waals surface area contributed by atoms with Crippen LogP contribution in [0.5, 0.6) is 0 Å². The van der Waals surface area contributed by atoms with Crippen LogP contribution in [0.25, 0.3) is 0 Å². The smallest absolute Gasteiger partial charge is 0.139 e. The van der Waals surface area contributed by atoms with Crippen molar-refractivity contribution in [1.82, 2.24) is 0 Å². The van der Waals surface area contributed by atoms with Crippen LogP contribution in [-0.2, 0) is 4.79 Å². The van der Waals surface area contributed by atoms with Gasteiger partial charge in [0, 0.05) is 18.3 Å². The van der Waals surface area contributed by atoms with E-state index in [0.717, 1.165) is 19.3 Å². The van der Waals surface area contributed by atoms with Gasteiger partial charge in [-0.3, -0.25) is 4.79 Å². The van der Waals surface area contributed by atoms with E-state index in [2.05, 4.69) is 20.8 Å². The Kier molecular flexibility index (Phi) is 2.08. The molecular weight excluding hydrogens is 206 g/mol. The summed E-state index contributed by atoms with van der Waals surface area (Å²) in [5.41, 5.74) is 5.63. The highest BCUT2D eigenvalue weighted by Crippen LogP contribution is 2.71. The molecule has 0 spiro atoms. The van der Waals surface area contributed by atoms with E-state index in [1.165, 1.54) is 0 Å². The molecule has 2 bridgehead atoms. The molecule has 2 nitrogen and oxygen atoms in total. The molecule has 0 radical (unpaired) electrons. The second-order valence-corrected chi connectivity index (χ2v) is 6.50. The summed E-state index contributed by atoms with van der Waals surface area (Å²) in [6.07, 6.45) is 3.51. The van der Waals surface area contributed by atoms with Crippen molar-refractivity contribution < 1.29 is 4.79 Å². The van der Waals surface area contributed by atoms with E-state index in [1.54, 1.807) is 0 Å². The van der Waals surface area contributed by atoms with Crippen LogP contribution in [0.2, 0.25) is 0 Å². The summed E-state index contributed by atoms with van der Waals surface area (Å²) < 4.78 is 0. The molecule has 0 heterocycles. The molecule has 2 saturated carbocycles. The number of Topliss-reactive ketones (excluding diaryl/α,β-unsaturated/α-hetero) is 1. The van der Waals surface area contributed by atoms with Gasteiger partial charge in [0.15, 0.2) is 0 Å². The Balaban J connectivity index is 2.44. The molecule has 15 heavy (non-hydrogen) atoms. The monoisotopic (exact) mass is 225 g/mol. The van der Waals surface area contributed by atoms with Gasteiger partial charge in [-0.2, -0.15) is 0 Å². The fourth-order valence-electron chi connectivity index (χ4n) is 3.70. The van der Waals surface area contributed by atoms with Gasteiger partial charge in [0.2, 0.25) is 0 Å². The molecule has 2 aliphatic rings. The molecule has 2 N–H and O–H groups in total. The van der Waals surface area contributed by atoms with Crippen molar-refractivity contribution in [2.75, 3.05) is 0 Å². The molecule has 2 atom stereocenters. The van der Waals surface area contributed by atoms with E-state index in [-0.39, 0.29) is 16.2 Å². The van der Waals surface area contributed by atoms with Crippen LogP contribution in [0.4, 0.5) is 0 Å². The van der Waals surface area contributed by atoms with Gasteiger partial charge in [-0.25, -0.2) is 0 Å². The first-order chi connectivity index (χ1) is 6.75. The molecule has 2 rings (SSSR count). The van der Waals surface area contributed by atoms with Gasteiger partial charge in [-0.1, -0.05) is 33.0 Å².